The predicted molar refractivity (Wildman–Crippen MR) is 106 cm³/mol. The van der Waals surface area contributed by atoms with Gasteiger partial charge >= 0.3 is 0 Å². The molecule has 0 atom stereocenters. The van der Waals surface area contributed by atoms with Crippen molar-refractivity contribution in [2.75, 3.05) is 5.73 Å². The summed E-state index contributed by atoms with van der Waals surface area (Å²) in [5.41, 5.74) is 5.41. The number of nitrogens with zero attached hydrogens (tertiary/aromatic N) is 5. The predicted octanol–water partition coefficient (Wildman–Crippen LogP) is 1.94. The van der Waals surface area contributed by atoms with Crippen molar-refractivity contribution in [2.45, 2.75) is 48.5 Å². The molecule has 2 aromatic heterocycles. The highest BCUT2D eigenvalue weighted by atomic mass is 32.2. The van der Waals surface area contributed by atoms with Crippen LogP contribution in [0.5, 0.6) is 0 Å². The molecule has 0 unspecified atom stereocenters. The van der Waals surface area contributed by atoms with Crippen LogP contribution in [0.2, 0.25) is 0 Å². The Bertz CT molecular complexity index is 1400. The van der Waals surface area contributed by atoms with E-state index in [9.17, 15) is 8.42 Å². The second kappa shape index (κ2) is 5.75. The van der Waals surface area contributed by atoms with E-state index in [-0.39, 0.29) is 33.2 Å². The number of hydrogen-bond acceptors (Lipinski definition) is 6. The first-order valence-corrected chi connectivity index (χ1v) is 10.5. The Balaban J connectivity index is 1.60. The molecule has 0 aliphatic heterocycles. The number of nitrogens with two attached hydrogens (primary N) is 1. The summed E-state index contributed by atoms with van der Waals surface area (Å²) in [6.07, 6.45) is 4.87. The van der Waals surface area contributed by atoms with Gasteiger partial charge in [-0.25, -0.2) is 34.2 Å². The molecule has 0 spiro atoms. The van der Waals surface area contributed by atoms with E-state index in [4.69, 9.17) is 16.4 Å². The van der Waals surface area contributed by atoms with Crippen LogP contribution in [0.1, 0.15) is 35.4 Å². The number of sulfonamides is 1. The molecule has 2 bridgehead atoms. The van der Waals surface area contributed by atoms with Crippen LogP contribution >= 0.6 is 0 Å². The van der Waals surface area contributed by atoms with Crippen molar-refractivity contribution in [1.29, 1.82) is 0 Å². The lowest BCUT2D eigenvalue weighted by Gasteiger charge is -2.39. The van der Waals surface area contributed by atoms with Gasteiger partial charge in [-0.1, -0.05) is 6.07 Å². The number of anilines is 1. The summed E-state index contributed by atoms with van der Waals surface area (Å²) in [7, 11) is -3.96. The van der Waals surface area contributed by atoms with Gasteiger partial charge in [0.25, 0.3) is 0 Å². The Labute approximate surface area is 172 Å². The van der Waals surface area contributed by atoms with Gasteiger partial charge in [-0.05, 0) is 31.0 Å². The molecule has 3 fully saturated rings. The number of aryl methyl sites for hydroxylation is 1. The first kappa shape index (κ1) is 14.9. The second-order valence-corrected chi connectivity index (χ2v) is 9.49. The Morgan fingerprint density at radius 1 is 1.34 bits per heavy atom. The molecule has 29 heavy (non-hydrogen) atoms. The van der Waals surface area contributed by atoms with E-state index in [0.717, 1.165) is 0 Å². The first-order chi connectivity index (χ1) is 15.0. The Morgan fingerprint density at radius 2 is 2.17 bits per heavy atom. The van der Waals surface area contributed by atoms with Crippen LogP contribution in [-0.2, 0) is 10.0 Å². The van der Waals surface area contributed by atoms with Crippen LogP contribution in [-0.4, -0.2) is 39.1 Å². The Hall–Kier alpha value is -3.03. The molecule has 3 aliphatic rings. The number of nitrogen functional groups attached to an aromatic ring is 1. The topological polar surface area (TPSA) is 120 Å². The van der Waals surface area contributed by atoms with Crippen LogP contribution in [0.25, 0.3) is 21.7 Å². The van der Waals surface area contributed by atoms with E-state index < -0.39 is 28.0 Å². The molecule has 9 nitrogen and oxygen atoms in total. The summed E-state index contributed by atoms with van der Waals surface area (Å²) in [6, 6.07) is 3.89. The molecular formula is C19H19N7O2S. The van der Waals surface area contributed by atoms with Crippen molar-refractivity contribution in [2.24, 2.45) is 0 Å². The third-order valence-corrected chi connectivity index (χ3v) is 7.48. The van der Waals surface area contributed by atoms with Crippen LogP contribution in [0.15, 0.2) is 35.6 Å². The zero-order valence-electron chi connectivity index (χ0n) is 18.3. The molecule has 3 saturated carbocycles. The zero-order valence-corrected chi connectivity index (χ0v) is 16.1. The molecule has 6 rings (SSSR count). The van der Waals surface area contributed by atoms with E-state index in [1.54, 1.807) is 0 Å². The lowest BCUT2D eigenvalue weighted by molar-refractivity contribution is 0.218. The van der Waals surface area contributed by atoms with Gasteiger partial charge in [0, 0.05) is 34.5 Å². The van der Waals surface area contributed by atoms with Crippen molar-refractivity contribution < 1.29 is 12.5 Å². The minimum absolute atomic E-state index is 0.0369. The maximum absolute atomic E-state index is 13.2. The standard InChI is InChI=1S/C19H19N7O2S/c1-12-3-4-13(29(27,28)25-19-6-5-18(9-19,10-19)21-2)7-14(12)15-8-22-17-16(20)23-11-24-26(15)17/h3-4,7-8,11,25H,5-6,9-10H2,1H3,(H2,20,23,24)/i1D3. The highest BCUT2D eigenvalue weighted by molar-refractivity contribution is 7.89. The van der Waals surface area contributed by atoms with Crippen molar-refractivity contribution in [3.8, 4) is 11.3 Å². The average molecular weight is 412 g/mol. The molecular weight excluding hydrogens is 390 g/mol. The van der Waals surface area contributed by atoms with Gasteiger partial charge in [0.05, 0.1) is 16.8 Å². The smallest absolute Gasteiger partial charge is 0.241 e. The second-order valence-electron chi connectivity index (χ2n) is 7.81. The third-order valence-electron chi connectivity index (χ3n) is 5.90. The quantitative estimate of drug-likeness (QED) is 0.632. The van der Waals surface area contributed by atoms with E-state index in [2.05, 4.69) is 24.6 Å². The van der Waals surface area contributed by atoms with E-state index in [0.29, 0.717) is 25.7 Å². The minimum Gasteiger partial charge on any atom is -0.381 e. The summed E-state index contributed by atoms with van der Waals surface area (Å²) in [5.74, 6) is 0.112. The highest BCUT2D eigenvalue weighted by Crippen LogP contribution is 2.57. The SMILES string of the molecule is [2H]C([2H])([2H])c1ccc(S(=O)(=O)NC23CCC([N+]#[C-])(C2)C3)cc1-c1cnc2c(N)ncnn12. The number of nitrogens with one attached hydrogen (secondary N) is 1. The minimum atomic E-state index is -3.96. The number of fused-ring (bicyclic) bond motifs is 2. The van der Waals surface area contributed by atoms with E-state index in [1.807, 2.05) is 0 Å². The molecule has 3 N–H and O–H groups in total. The molecule has 0 amide bonds. The van der Waals surface area contributed by atoms with Crippen LogP contribution in [0.3, 0.4) is 0 Å². The fourth-order valence-electron chi connectivity index (χ4n) is 4.56. The Kier molecular flexibility index (Phi) is 2.95. The molecule has 3 aliphatic carbocycles. The number of aromatic nitrogens is 4. The average Bonchev–Trinajstić information content (AvgIpc) is 3.38. The van der Waals surface area contributed by atoms with Crippen molar-refractivity contribution in [3.63, 3.8) is 0 Å². The number of hydrogen-bond donors (Lipinski definition) is 2. The normalized spacial score (nSPS) is 27.6. The van der Waals surface area contributed by atoms with Crippen molar-refractivity contribution in [3.05, 3.63) is 47.7 Å². The monoisotopic (exact) mass is 412 g/mol. The van der Waals surface area contributed by atoms with E-state index >= 15 is 0 Å². The van der Waals surface area contributed by atoms with Gasteiger partial charge in [0.1, 0.15) is 6.33 Å². The summed E-state index contributed by atoms with van der Waals surface area (Å²) < 4.78 is 54.3. The maximum Gasteiger partial charge on any atom is 0.241 e. The molecule has 3 aromatic rings. The van der Waals surface area contributed by atoms with Gasteiger partial charge < -0.3 is 10.6 Å². The molecule has 0 radical (unpaired) electrons. The summed E-state index contributed by atoms with van der Waals surface area (Å²) in [4.78, 5) is 11.6. The third kappa shape index (κ3) is 2.62. The number of benzene rings is 1. The largest absolute Gasteiger partial charge is 0.381 e. The summed E-state index contributed by atoms with van der Waals surface area (Å²) in [6.45, 7) is 4.86. The maximum atomic E-state index is 13.2. The summed E-state index contributed by atoms with van der Waals surface area (Å²) in [5, 5.41) is 4.10. The summed E-state index contributed by atoms with van der Waals surface area (Å²) >= 11 is 0. The van der Waals surface area contributed by atoms with E-state index in [1.165, 1.54) is 35.2 Å². The molecule has 0 saturated heterocycles. The van der Waals surface area contributed by atoms with Crippen molar-refractivity contribution >= 4 is 21.5 Å². The number of rotatable bonds is 4. The van der Waals surface area contributed by atoms with Gasteiger partial charge in [-0.15, -0.1) is 0 Å². The molecule has 148 valence electrons. The molecule has 2 heterocycles. The number of imidazole rings is 1. The highest BCUT2D eigenvalue weighted by Gasteiger charge is 2.67. The van der Waals surface area contributed by atoms with Crippen LogP contribution in [0, 0.1) is 13.4 Å². The van der Waals surface area contributed by atoms with Crippen LogP contribution in [0.4, 0.5) is 5.82 Å². The molecule has 1 aromatic carbocycles. The van der Waals surface area contributed by atoms with Gasteiger partial charge in [-0.3, -0.25) is 0 Å². The first-order valence-electron chi connectivity index (χ1n) is 10.5. The van der Waals surface area contributed by atoms with Gasteiger partial charge in [-0.2, -0.15) is 5.10 Å². The fraction of sp³-hybridized carbons (Fsp3) is 0.368. The lowest BCUT2D eigenvalue weighted by Crippen LogP contribution is -2.57. The van der Waals surface area contributed by atoms with Crippen molar-refractivity contribution in [1.82, 2.24) is 24.3 Å². The van der Waals surface area contributed by atoms with Crippen LogP contribution < -0.4 is 10.5 Å². The Morgan fingerprint density at radius 3 is 2.90 bits per heavy atom. The fourth-order valence-corrected chi connectivity index (χ4v) is 6.01. The van der Waals surface area contributed by atoms with Gasteiger partial charge in [0.15, 0.2) is 11.5 Å². The zero-order chi connectivity index (χ0) is 22.9. The van der Waals surface area contributed by atoms with Gasteiger partial charge in [0.2, 0.25) is 15.6 Å². The lowest BCUT2D eigenvalue weighted by atomic mass is 9.72. The molecule has 10 heteroatoms.